The summed E-state index contributed by atoms with van der Waals surface area (Å²) in [6, 6.07) is 3.12. The molecule has 0 bridgehead atoms. The zero-order valence-corrected chi connectivity index (χ0v) is 12.1. The van der Waals surface area contributed by atoms with Crippen molar-refractivity contribution in [2.45, 2.75) is 25.3 Å². The monoisotopic (exact) mass is 295 g/mol. The molecule has 114 valence electrons. The van der Waals surface area contributed by atoms with E-state index >= 15 is 0 Å². The highest BCUT2D eigenvalue weighted by Gasteiger charge is 2.31. The largest absolute Gasteiger partial charge is 0.338 e. The molecule has 0 spiro atoms. The van der Waals surface area contributed by atoms with Gasteiger partial charge in [0.25, 0.3) is 11.6 Å². The Morgan fingerprint density at radius 3 is 2.52 bits per heavy atom. The number of non-ortho nitro benzene ring substituents is 1. The van der Waals surface area contributed by atoms with E-state index in [1.54, 1.807) is 4.90 Å². The van der Waals surface area contributed by atoms with Gasteiger partial charge in [0.05, 0.1) is 16.6 Å². The summed E-state index contributed by atoms with van der Waals surface area (Å²) in [6.45, 7) is 3.15. The number of carbonyl (C=O) groups excluding carboxylic acids is 1. The van der Waals surface area contributed by atoms with Crippen molar-refractivity contribution in [3.8, 4) is 0 Å². The quantitative estimate of drug-likeness (QED) is 0.683. The summed E-state index contributed by atoms with van der Waals surface area (Å²) in [5.41, 5.74) is -0.482. The van der Waals surface area contributed by atoms with Crippen LogP contribution >= 0.6 is 0 Å². The molecule has 1 aliphatic rings. The third-order valence-corrected chi connectivity index (χ3v) is 4.15. The second-order valence-corrected chi connectivity index (χ2v) is 5.52. The number of amides is 1. The Balaban J connectivity index is 2.13. The number of nitrogens with one attached hydrogen (secondary N) is 1. The highest BCUT2D eigenvalue weighted by molar-refractivity contribution is 5.94. The highest BCUT2D eigenvalue weighted by Crippen LogP contribution is 2.24. The lowest BCUT2D eigenvalue weighted by molar-refractivity contribution is -0.385. The molecule has 1 N–H and O–H groups in total. The third kappa shape index (κ3) is 3.18. The van der Waals surface area contributed by atoms with Crippen LogP contribution in [-0.2, 0) is 0 Å². The summed E-state index contributed by atoms with van der Waals surface area (Å²) in [6.07, 6.45) is 1.56. The molecule has 0 atom stereocenters. The number of hydrogen-bond donors (Lipinski definition) is 1. The van der Waals surface area contributed by atoms with E-state index in [0.29, 0.717) is 13.1 Å². The molecule has 2 rings (SSSR count). The molecule has 1 aromatic carbocycles. The number of piperidine rings is 1. The number of halogens is 1. The fourth-order valence-corrected chi connectivity index (χ4v) is 2.41. The van der Waals surface area contributed by atoms with Gasteiger partial charge in [-0.1, -0.05) is 0 Å². The van der Waals surface area contributed by atoms with Gasteiger partial charge in [-0.05, 0) is 32.9 Å². The highest BCUT2D eigenvalue weighted by atomic mass is 19.1. The second-order valence-electron chi connectivity index (χ2n) is 5.52. The van der Waals surface area contributed by atoms with Crippen LogP contribution in [0.3, 0.4) is 0 Å². The minimum absolute atomic E-state index is 0.00913. The first-order valence-corrected chi connectivity index (χ1v) is 6.78. The van der Waals surface area contributed by atoms with Gasteiger partial charge in [0.1, 0.15) is 5.82 Å². The predicted octanol–water partition coefficient (Wildman–Crippen LogP) is 1.95. The maximum absolute atomic E-state index is 13.9. The minimum atomic E-state index is -0.851. The molecule has 1 amide bonds. The van der Waals surface area contributed by atoms with E-state index in [-0.39, 0.29) is 16.8 Å². The molecule has 0 radical (unpaired) electrons. The van der Waals surface area contributed by atoms with Crippen molar-refractivity contribution < 1.29 is 14.1 Å². The van der Waals surface area contributed by atoms with Crippen LogP contribution in [-0.4, -0.2) is 41.4 Å². The molecule has 1 aromatic rings. The van der Waals surface area contributed by atoms with Crippen molar-refractivity contribution in [2.75, 3.05) is 20.1 Å². The fraction of sp³-hybridized carbons (Fsp3) is 0.500. The Morgan fingerprint density at radius 2 is 2.05 bits per heavy atom. The van der Waals surface area contributed by atoms with Gasteiger partial charge in [0, 0.05) is 24.7 Å². The first-order chi connectivity index (χ1) is 9.86. The molecule has 0 saturated carbocycles. The summed E-state index contributed by atoms with van der Waals surface area (Å²) in [4.78, 5) is 23.8. The first kappa shape index (κ1) is 15.4. The van der Waals surface area contributed by atoms with Crippen molar-refractivity contribution >= 4 is 11.6 Å². The van der Waals surface area contributed by atoms with Gasteiger partial charge in [-0.15, -0.1) is 0 Å². The van der Waals surface area contributed by atoms with Crippen LogP contribution in [0.1, 0.15) is 30.1 Å². The number of nitro benzene ring substituents is 1. The smallest absolute Gasteiger partial charge is 0.272 e. The van der Waals surface area contributed by atoms with E-state index in [9.17, 15) is 19.3 Å². The van der Waals surface area contributed by atoms with E-state index in [1.807, 2.05) is 7.05 Å². The second kappa shape index (κ2) is 5.77. The van der Waals surface area contributed by atoms with Gasteiger partial charge in [0.2, 0.25) is 0 Å². The number of benzene rings is 1. The molecular formula is C14H18FN3O3. The Labute approximate surface area is 122 Å². The maximum Gasteiger partial charge on any atom is 0.272 e. The average Bonchev–Trinajstić information content (AvgIpc) is 2.47. The zero-order chi connectivity index (χ0) is 15.6. The minimum Gasteiger partial charge on any atom is -0.338 e. The van der Waals surface area contributed by atoms with Gasteiger partial charge in [-0.3, -0.25) is 14.9 Å². The fourth-order valence-electron chi connectivity index (χ4n) is 2.41. The SMILES string of the molecule is CNC1(C)CCN(C(=O)c2ccc([N+](=O)[O-])cc2F)CC1. The van der Waals surface area contributed by atoms with Crippen LogP contribution in [0.2, 0.25) is 0 Å². The van der Waals surface area contributed by atoms with E-state index < -0.39 is 16.6 Å². The Morgan fingerprint density at radius 1 is 1.43 bits per heavy atom. The van der Waals surface area contributed by atoms with Gasteiger partial charge >= 0.3 is 0 Å². The lowest BCUT2D eigenvalue weighted by atomic mass is 9.89. The molecular weight excluding hydrogens is 277 g/mol. The molecule has 7 heteroatoms. The van der Waals surface area contributed by atoms with E-state index in [1.165, 1.54) is 6.07 Å². The van der Waals surface area contributed by atoms with Gasteiger partial charge in [-0.2, -0.15) is 0 Å². The molecule has 1 fully saturated rings. The summed E-state index contributed by atoms with van der Waals surface area (Å²) >= 11 is 0. The first-order valence-electron chi connectivity index (χ1n) is 6.78. The number of carbonyl (C=O) groups is 1. The predicted molar refractivity (Wildman–Crippen MR) is 75.7 cm³/mol. The molecule has 1 saturated heterocycles. The summed E-state index contributed by atoms with van der Waals surface area (Å²) < 4.78 is 13.9. The summed E-state index contributed by atoms with van der Waals surface area (Å²) in [5.74, 6) is -1.27. The molecule has 6 nitrogen and oxygen atoms in total. The average molecular weight is 295 g/mol. The van der Waals surface area contributed by atoms with Crippen molar-refractivity contribution in [3.05, 3.63) is 39.7 Å². The van der Waals surface area contributed by atoms with Gasteiger partial charge in [-0.25, -0.2) is 4.39 Å². The number of nitro groups is 1. The lowest BCUT2D eigenvalue weighted by Crippen LogP contribution is -2.51. The van der Waals surface area contributed by atoms with Crippen LogP contribution in [0, 0.1) is 15.9 Å². The van der Waals surface area contributed by atoms with Crippen molar-refractivity contribution in [1.29, 1.82) is 0 Å². The molecule has 1 aliphatic heterocycles. The Bertz CT molecular complexity index is 569. The van der Waals surface area contributed by atoms with Gasteiger partial charge < -0.3 is 10.2 Å². The van der Waals surface area contributed by atoms with Crippen LogP contribution in [0.5, 0.6) is 0 Å². The van der Waals surface area contributed by atoms with Crippen LogP contribution in [0.25, 0.3) is 0 Å². The van der Waals surface area contributed by atoms with E-state index in [0.717, 1.165) is 25.0 Å². The van der Waals surface area contributed by atoms with Crippen LogP contribution < -0.4 is 5.32 Å². The molecule has 21 heavy (non-hydrogen) atoms. The number of hydrogen-bond acceptors (Lipinski definition) is 4. The van der Waals surface area contributed by atoms with Crippen LogP contribution in [0.4, 0.5) is 10.1 Å². The number of rotatable bonds is 3. The molecule has 0 aliphatic carbocycles. The standard InChI is InChI=1S/C14H18FN3O3/c1-14(16-2)5-7-17(8-6-14)13(19)11-4-3-10(18(20)21)9-12(11)15/h3-4,9,16H,5-8H2,1-2H3. The van der Waals surface area contributed by atoms with Gasteiger partial charge in [0.15, 0.2) is 0 Å². The van der Waals surface area contributed by atoms with E-state index in [2.05, 4.69) is 12.2 Å². The maximum atomic E-state index is 13.9. The Kier molecular flexibility index (Phi) is 4.22. The third-order valence-electron chi connectivity index (χ3n) is 4.15. The lowest BCUT2D eigenvalue weighted by Gasteiger charge is -2.39. The topological polar surface area (TPSA) is 75.5 Å². The normalized spacial score (nSPS) is 17.6. The summed E-state index contributed by atoms with van der Waals surface area (Å²) in [5, 5.41) is 13.8. The van der Waals surface area contributed by atoms with Crippen LogP contribution in [0.15, 0.2) is 18.2 Å². The zero-order valence-electron chi connectivity index (χ0n) is 12.1. The summed E-state index contributed by atoms with van der Waals surface area (Å²) in [7, 11) is 1.88. The van der Waals surface area contributed by atoms with Crippen molar-refractivity contribution in [3.63, 3.8) is 0 Å². The Hall–Kier alpha value is -2.02. The van der Waals surface area contributed by atoms with Crippen molar-refractivity contribution in [1.82, 2.24) is 10.2 Å². The number of likely N-dealkylation sites (tertiary alicyclic amines) is 1. The molecule has 1 heterocycles. The molecule has 0 unspecified atom stereocenters. The number of nitrogens with zero attached hydrogens (tertiary/aromatic N) is 2. The molecule has 0 aromatic heterocycles. The van der Waals surface area contributed by atoms with E-state index in [4.69, 9.17) is 0 Å². The van der Waals surface area contributed by atoms with Crippen molar-refractivity contribution in [2.24, 2.45) is 0 Å².